The quantitative estimate of drug-likeness (QED) is 0.363. The average Bonchev–Trinajstić information content (AvgIpc) is 2.32. The molecule has 0 radical (unpaired) electrons. The highest BCUT2D eigenvalue weighted by Crippen LogP contribution is 2.30. The molecule has 0 saturated heterocycles. The highest BCUT2D eigenvalue weighted by molar-refractivity contribution is 5.96. The highest BCUT2D eigenvalue weighted by Gasteiger charge is 2.33. The minimum atomic E-state index is -0.325. The first-order chi connectivity index (χ1) is 5.65. The lowest BCUT2D eigenvalue weighted by Gasteiger charge is -2.06. The average molecular weight is 166 g/mol. The first kappa shape index (κ1) is 9.17. The summed E-state index contributed by atoms with van der Waals surface area (Å²) < 4.78 is 0. The van der Waals surface area contributed by atoms with Crippen molar-refractivity contribution in [3.63, 3.8) is 0 Å². The van der Waals surface area contributed by atoms with Crippen molar-refractivity contribution in [2.75, 3.05) is 0 Å². The molecule has 0 aromatic rings. The van der Waals surface area contributed by atoms with Crippen LogP contribution in [0, 0.1) is 11.8 Å². The highest BCUT2D eigenvalue weighted by atomic mass is 16.1. The summed E-state index contributed by atoms with van der Waals surface area (Å²) in [4.78, 5) is 21.8. The summed E-state index contributed by atoms with van der Waals surface area (Å²) in [5.41, 5.74) is 1.03. The minimum absolute atomic E-state index is 0.0673. The van der Waals surface area contributed by atoms with Gasteiger partial charge in [-0.2, -0.15) is 0 Å². The number of Topliss-reactive ketones (excluding diaryl/α,β-unsaturated/α-hetero) is 1. The van der Waals surface area contributed by atoms with Crippen LogP contribution in [0.5, 0.6) is 0 Å². The van der Waals surface area contributed by atoms with Crippen LogP contribution in [-0.4, -0.2) is 12.1 Å². The zero-order valence-electron chi connectivity index (χ0n) is 7.38. The van der Waals surface area contributed by atoms with E-state index in [1.54, 1.807) is 0 Å². The monoisotopic (exact) mass is 166 g/mol. The van der Waals surface area contributed by atoms with E-state index in [0.717, 1.165) is 31.1 Å². The van der Waals surface area contributed by atoms with Gasteiger partial charge in [-0.3, -0.25) is 4.79 Å². The maximum Gasteiger partial charge on any atom is 0.146 e. The first-order valence-electron chi connectivity index (χ1n) is 4.28. The molecule has 1 rings (SSSR count). The molecule has 1 fully saturated rings. The van der Waals surface area contributed by atoms with Crippen LogP contribution < -0.4 is 0 Å². The lowest BCUT2D eigenvalue weighted by molar-refractivity contribution is -0.127. The number of hydrogen-bond acceptors (Lipinski definition) is 2. The summed E-state index contributed by atoms with van der Waals surface area (Å²) in [5.74, 6) is -0.139. The molecule has 0 aliphatic heterocycles. The van der Waals surface area contributed by atoms with Gasteiger partial charge in [0.25, 0.3) is 0 Å². The fourth-order valence-corrected chi connectivity index (χ4v) is 1.73. The van der Waals surface area contributed by atoms with E-state index in [1.165, 1.54) is 0 Å². The summed E-state index contributed by atoms with van der Waals surface area (Å²) in [6.45, 7) is 5.68. The van der Waals surface area contributed by atoms with Crippen LogP contribution in [0.25, 0.3) is 0 Å². The van der Waals surface area contributed by atoms with Crippen LogP contribution >= 0.6 is 0 Å². The molecule has 2 atom stereocenters. The molecular formula is C10H14O2. The van der Waals surface area contributed by atoms with Crippen LogP contribution in [0.3, 0.4) is 0 Å². The van der Waals surface area contributed by atoms with Crippen LogP contribution in [-0.2, 0) is 9.59 Å². The third-order valence-electron chi connectivity index (χ3n) is 2.35. The predicted octanol–water partition coefficient (Wildman–Crippen LogP) is 1.75. The molecule has 2 nitrogen and oxygen atoms in total. The molecule has 0 spiro atoms. The second-order valence-electron chi connectivity index (χ2n) is 3.58. The summed E-state index contributed by atoms with van der Waals surface area (Å²) in [6.07, 6.45) is 3.12. The second-order valence-corrected chi connectivity index (χ2v) is 3.58. The van der Waals surface area contributed by atoms with Gasteiger partial charge in [0.05, 0.1) is 5.92 Å². The molecule has 0 aromatic heterocycles. The Bertz CT molecular complexity index is 218. The Morgan fingerprint density at radius 3 is 2.75 bits per heavy atom. The van der Waals surface area contributed by atoms with Gasteiger partial charge < -0.3 is 4.79 Å². The van der Waals surface area contributed by atoms with Crippen LogP contribution in [0.4, 0.5) is 0 Å². The van der Waals surface area contributed by atoms with Crippen molar-refractivity contribution in [1.29, 1.82) is 0 Å². The number of allylic oxidation sites excluding steroid dienone is 1. The van der Waals surface area contributed by atoms with E-state index in [1.807, 2.05) is 6.92 Å². The number of carbonyl (C=O) groups is 2. The van der Waals surface area contributed by atoms with E-state index >= 15 is 0 Å². The summed E-state index contributed by atoms with van der Waals surface area (Å²) in [6, 6.07) is 0. The van der Waals surface area contributed by atoms with Crippen molar-refractivity contribution in [3.05, 3.63) is 12.2 Å². The summed E-state index contributed by atoms with van der Waals surface area (Å²) in [5, 5.41) is 0. The molecule has 1 aliphatic rings. The van der Waals surface area contributed by atoms with Gasteiger partial charge in [-0.05, 0) is 26.2 Å². The van der Waals surface area contributed by atoms with Crippen LogP contribution in [0.2, 0.25) is 0 Å². The maximum absolute atomic E-state index is 11.4. The van der Waals surface area contributed by atoms with Gasteiger partial charge in [0.2, 0.25) is 0 Å². The van der Waals surface area contributed by atoms with E-state index in [0.29, 0.717) is 0 Å². The second kappa shape index (κ2) is 3.65. The Morgan fingerprint density at radius 2 is 2.33 bits per heavy atom. The Hall–Kier alpha value is -0.920. The maximum atomic E-state index is 11.4. The largest absolute Gasteiger partial charge is 0.303 e. The molecule has 1 aliphatic carbocycles. The third kappa shape index (κ3) is 1.81. The van der Waals surface area contributed by atoms with Crippen molar-refractivity contribution in [1.82, 2.24) is 0 Å². The van der Waals surface area contributed by atoms with Crippen LogP contribution in [0.15, 0.2) is 12.2 Å². The van der Waals surface area contributed by atoms with Gasteiger partial charge in [0.15, 0.2) is 0 Å². The first-order valence-corrected chi connectivity index (χ1v) is 4.28. The van der Waals surface area contributed by atoms with Gasteiger partial charge in [0, 0.05) is 5.92 Å². The van der Waals surface area contributed by atoms with Gasteiger partial charge in [-0.15, -0.1) is 6.58 Å². The molecule has 0 bridgehead atoms. The van der Waals surface area contributed by atoms with E-state index < -0.39 is 0 Å². The Kier molecular flexibility index (Phi) is 2.79. The lowest BCUT2D eigenvalue weighted by Crippen LogP contribution is -2.15. The molecule has 0 amide bonds. The summed E-state index contributed by atoms with van der Waals surface area (Å²) >= 11 is 0. The zero-order valence-corrected chi connectivity index (χ0v) is 7.38. The normalized spacial score (nSPS) is 28.9. The fourth-order valence-electron chi connectivity index (χ4n) is 1.73. The smallest absolute Gasteiger partial charge is 0.146 e. The lowest BCUT2D eigenvalue weighted by atomic mass is 9.97. The van der Waals surface area contributed by atoms with Gasteiger partial charge in [-0.1, -0.05) is 5.57 Å². The predicted molar refractivity (Wildman–Crippen MR) is 46.7 cm³/mol. The Labute approximate surface area is 72.7 Å². The van der Waals surface area contributed by atoms with E-state index in [2.05, 4.69) is 6.58 Å². The van der Waals surface area contributed by atoms with Gasteiger partial charge in [0.1, 0.15) is 12.1 Å². The minimum Gasteiger partial charge on any atom is -0.303 e. The summed E-state index contributed by atoms with van der Waals surface area (Å²) in [7, 11) is 0. The van der Waals surface area contributed by atoms with E-state index in [-0.39, 0.29) is 17.6 Å². The van der Waals surface area contributed by atoms with Crippen molar-refractivity contribution in [2.45, 2.75) is 26.2 Å². The molecule has 0 N–H and O–H groups in total. The molecule has 2 unspecified atom stereocenters. The van der Waals surface area contributed by atoms with Crippen LogP contribution in [0.1, 0.15) is 26.2 Å². The van der Waals surface area contributed by atoms with E-state index in [9.17, 15) is 9.59 Å². The number of hydrogen-bond donors (Lipinski definition) is 0. The standard InChI is InChI=1S/C10H14O2/c1-7(2)5-8-3-4-9(6-11)10(8)12/h6,8-9H,1,3-5H2,2H3. The van der Waals surface area contributed by atoms with Gasteiger partial charge in [-0.25, -0.2) is 0 Å². The van der Waals surface area contributed by atoms with Crippen molar-refractivity contribution in [3.8, 4) is 0 Å². The molecular weight excluding hydrogens is 152 g/mol. The number of ketones is 1. The third-order valence-corrected chi connectivity index (χ3v) is 2.35. The zero-order chi connectivity index (χ0) is 9.14. The van der Waals surface area contributed by atoms with Crippen molar-refractivity contribution < 1.29 is 9.59 Å². The van der Waals surface area contributed by atoms with E-state index in [4.69, 9.17) is 0 Å². The van der Waals surface area contributed by atoms with Crippen molar-refractivity contribution in [2.24, 2.45) is 11.8 Å². The number of aldehydes is 1. The molecule has 12 heavy (non-hydrogen) atoms. The Morgan fingerprint density at radius 1 is 1.67 bits per heavy atom. The molecule has 0 heterocycles. The fraction of sp³-hybridized carbons (Fsp3) is 0.600. The molecule has 66 valence electrons. The molecule has 0 aromatic carbocycles. The molecule has 2 heteroatoms. The SMILES string of the molecule is C=C(C)CC1CCC(C=O)C1=O. The van der Waals surface area contributed by atoms with Gasteiger partial charge >= 0.3 is 0 Å². The van der Waals surface area contributed by atoms with Crippen molar-refractivity contribution >= 4 is 12.1 Å². The number of rotatable bonds is 3. The number of carbonyl (C=O) groups excluding carboxylic acids is 2. The topological polar surface area (TPSA) is 34.1 Å². The Balaban J connectivity index is 2.54. The molecule has 1 saturated carbocycles.